The summed E-state index contributed by atoms with van der Waals surface area (Å²) in [5, 5.41) is 0. The first-order valence-corrected chi connectivity index (χ1v) is 10.2. The average Bonchev–Trinajstić information content (AvgIpc) is 3.11. The molecule has 1 aromatic carbocycles. The Hall–Kier alpha value is -2.20. The lowest BCUT2D eigenvalue weighted by atomic mass is 9.95. The molecule has 1 aliphatic carbocycles. The molecular weight excluding hydrogens is 334 g/mol. The maximum Gasteiger partial charge on any atom is 0.223 e. The fourth-order valence-corrected chi connectivity index (χ4v) is 4.60. The minimum Gasteiger partial charge on any atom is -0.335 e. The Bertz CT molecular complexity index is 768. The van der Waals surface area contributed by atoms with E-state index in [0.717, 1.165) is 38.8 Å². The van der Waals surface area contributed by atoms with E-state index in [1.807, 2.05) is 24.5 Å². The molecule has 0 spiro atoms. The zero-order valence-electron chi connectivity index (χ0n) is 16.2. The first kappa shape index (κ1) is 18.2. The van der Waals surface area contributed by atoms with Gasteiger partial charge in [0.1, 0.15) is 0 Å². The van der Waals surface area contributed by atoms with Gasteiger partial charge in [-0.3, -0.25) is 9.78 Å². The van der Waals surface area contributed by atoms with E-state index < -0.39 is 0 Å². The van der Waals surface area contributed by atoms with Gasteiger partial charge in [-0.25, -0.2) is 0 Å². The number of pyridine rings is 1. The number of hydrogen-bond donors (Lipinski definition) is 0. The lowest BCUT2D eigenvalue weighted by molar-refractivity contribution is -0.135. The molecule has 4 rings (SSSR count). The van der Waals surface area contributed by atoms with Crippen LogP contribution in [0.1, 0.15) is 48.3 Å². The summed E-state index contributed by atoms with van der Waals surface area (Å²) in [6.45, 7) is 2.83. The quantitative estimate of drug-likeness (QED) is 0.814. The second kappa shape index (κ2) is 8.22. The van der Waals surface area contributed by atoms with Gasteiger partial charge in [-0.15, -0.1) is 0 Å². The van der Waals surface area contributed by atoms with Gasteiger partial charge in [0, 0.05) is 31.4 Å². The Labute approximate surface area is 162 Å². The summed E-state index contributed by atoms with van der Waals surface area (Å²) in [7, 11) is 2.17. The maximum absolute atomic E-state index is 13.4. The van der Waals surface area contributed by atoms with Gasteiger partial charge >= 0.3 is 0 Å². The average molecular weight is 364 g/mol. The number of carbonyl (C=O) groups excluding carboxylic acids is 1. The molecule has 2 aromatic rings. The largest absolute Gasteiger partial charge is 0.335 e. The van der Waals surface area contributed by atoms with Crippen LogP contribution in [0.2, 0.25) is 0 Å². The minimum absolute atomic E-state index is 0.308. The Morgan fingerprint density at radius 2 is 1.85 bits per heavy atom. The van der Waals surface area contributed by atoms with Crippen molar-refractivity contribution >= 4 is 5.91 Å². The smallest absolute Gasteiger partial charge is 0.223 e. The van der Waals surface area contributed by atoms with Crippen molar-refractivity contribution in [2.75, 3.05) is 20.1 Å². The molecule has 142 valence electrons. The molecule has 1 aliphatic heterocycles. The van der Waals surface area contributed by atoms with Crippen LogP contribution in [0.4, 0.5) is 0 Å². The van der Waals surface area contributed by atoms with Crippen LogP contribution in [0, 0.1) is 0 Å². The molecule has 2 aliphatic rings. The number of aromatic nitrogens is 1. The number of carbonyl (C=O) groups is 1. The number of amides is 1. The van der Waals surface area contributed by atoms with Crippen molar-refractivity contribution in [2.24, 2.45) is 0 Å². The molecule has 1 saturated heterocycles. The molecule has 1 atom stereocenters. The van der Waals surface area contributed by atoms with Crippen molar-refractivity contribution < 1.29 is 4.79 Å². The number of likely N-dealkylation sites (tertiary alicyclic amines) is 1. The molecule has 1 amide bonds. The van der Waals surface area contributed by atoms with Gasteiger partial charge in [-0.2, -0.15) is 0 Å². The molecule has 1 unspecified atom stereocenters. The van der Waals surface area contributed by atoms with Crippen LogP contribution in [0.15, 0.2) is 48.8 Å². The van der Waals surface area contributed by atoms with Crippen LogP contribution in [0.3, 0.4) is 0 Å². The topological polar surface area (TPSA) is 36.4 Å². The van der Waals surface area contributed by atoms with Gasteiger partial charge < -0.3 is 9.80 Å². The predicted octanol–water partition coefficient (Wildman–Crippen LogP) is 3.62. The number of aryl methyl sites for hydroxylation is 1. The van der Waals surface area contributed by atoms with Gasteiger partial charge in [-0.1, -0.05) is 24.3 Å². The van der Waals surface area contributed by atoms with Gasteiger partial charge in [0.05, 0.1) is 0 Å². The molecule has 1 aromatic heterocycles. The van der Waals surface area contributed by atoms with Crippen molar-refractivity contribution in [3.8, 4) is 0 Å². The fourth-order valence-electron chi connectivity index (χ4n) is 4.60. The van der Waals surface area contributed by atoms with E-state index in [4.69, 9.17) is 0 Å². The second-order valence-electron chi connectivity index (χ2n) is 8.05. The molecule has 4 heteroatoms. The molecule has 0 saturated carbocycles. The number of piperidine rings is 1. The summed E-state index contributed by atoms with van der Waals surface area (Å²) in [5.74, 6) is 0.683. The van der Waals surface area contributed by atoms with Crippen LogP contribution in [0.25, 0.3) is 0 Å². The standard InChI is InChI=1S/C23H29N3O/c1-25-14-10-21(11-15-25)26(17-18-8-12-24-13-9-18)23(27)16-20-7-6-19-4-2-3-5-22(19)20/h2-5,8-9,12-13,20-21H,6-7,10-11,14-17H2,1H3. The molecule has 2 heterocycles. The van der Waals surface area contributed by atoms with Crippen LogP contribution in [-0.4, -0.2) is 46.9 Å². The summed E-state index contributed by atoms with van der Waals surface area (Å²) in [6.07, 6.45) is 8.60. The van der Waals surface area contributed by atoms with E-state index >= 15 is 0 Å². The van der Waals surface area contributed by atoms with E-state index in [2.05, 4.69) is 46.1 Å². The number of nitrogens with zero attached hydrogens (tertiary/aromatic N) is 3. The number of fused-ring (bicyclic) bond motifs is 1. The fraction of sp³-hybridized carbons (Fsp3) is 0.478. The van der Waals surface area contributed by atoms with Gasteiger partial charge in [0.25, 0.3) is 0 Å². The molecule has 0 bridgehead atoms. The highest BCUT2D eigenvalue weighted by Gasteiger charge is 2.31. The zero-order valence-corrected chi connectivity index (χ0v) is 16.2. The monoisotopic (exact) mass is 363 g/mol. The highest BCUT2D eigenvalue weighted by atomic mass is 16.2. The zero-order chi connectivity index (χ0) is 18.6. The Balaban J connectivity index is 1.50. The lowest BCUT2D eigenvalue weighted by Crippen LogP contribution is -2.46. The molecular formula is C23H29N3O. The summed E-state index contributed by atoms with van der Waals surface area (Å²) < 4.78 is 0. The predicted molar refractivity (Wildman–Crippen MR) is 107 cm³/mol. The van der Waals surface area contributed by atoms with Crippen molar-refractivity contribution in [3.05, 3.63) is 65.5 Å². The van der Waals surface area contributed by atoms with E-state index in [-0.39, 0.29) is 0 Å². The number of hydrogen-bond acceptors (Lipinski definition) is 3. The van der Waals surface area contributed by atoms with Crippen molar-refractivity contribution in [1.82, 2.24) is 14.8 Å². The van der Waals surface area contributed by atoms with Crippen molar-refractivity contribution in [2.45, 2.75) is 50.6 Å². The van der Waals surface area contributed by atoms with Gasteiger partial charge in [-0.05, 0) is 80.6 Å². The molecule has 1 fully saturated rings. The Morgan fingerprint density at radius 3 is 2.63 bits per heavy atom. The summed E-state index contributed by atoms with van der Waals surface area (Å²) in [4.78, 5) is 22.0. The highest BCUT2D eigenvalue weighted by molar-refractivity contribution is 5.78. The summed E-state index contributed by atoms with van der Waals surface area (Å²) in [5.41, 5.74) is 3.98. The summed E-state index contributed by atoms with van der Waals surface area (Å²) in [6, 6.07) is 13.0. The van der Waals surface area contributed by atoms with Crippen molar-refractivity contribution in [1.29, 1.82) is 0 Å². The van der Waals surface area contributed by atoms with Crippen LogP contribution in [-0.2, 0) is 17.8 Å². The van der Waals surface area contributed by atoms with E-state index in [9.17, 15) is 4.79 Å². The third-order valence-electron chi connectivity index (χ3n) is 6.23. The molecule has 0 N–H and O–H groups in total. The van der Waals surface area contributed by atoms with Gasteiger partial charge in [0.15, 0.2) is 0 Å². The number of benzene rings is 1. The third kappa shape index (κ3) is 4.22. The normalized spacial score (nSPS) is 20.4. The van der Waals surface area contributed by atoms with E-state index in [1.54, 1.807) is 0 Å². The van der Waals surface area contributed by atoms with E-state index in [1.165, 1.54) is 16.7 Å². The first-order valence-electron chi connectivity index (χ1n) is 10.2. The van der Waals surface area contributed by atoms with Crippen LogP contribution < -0.4 is 0 Å². The van der Waals surface area contributed by atoms with E-state index in [0.29, 0.717) is 30.8 Å². The van der Waals surface area contributed by atoms with Crippen LogP contribution in [0.5, 0.6) is 0 Å². The Kier molecular flexibility index (Phi) is 5.53. The second-order valence-corrected chi connectivity index (χ2v) is 8.05. The van der Waals surface area contributed by atoms with Crippen molar-refractivity contribution in [3.63, 3.8) is 0 Å². The maximum atomic E-state index is 13.4. The number of rotatable bonds is 5. The molecule has 27 heavy (non-hydrogen) atoms. The SMILES string of the molecule is CN1CCC(N(Cc2ccncc2)C(=O)CC2CCc3ccccc32)CC1. The lowest BCUT2D eigenvalue weighted by Gasteiger charge is -2.38. The Morgan fingerprint density at radius 1 is 1.11 bits per heavy atom. The first-order chi connectivity index (χ1) is 13.2. The molecule has 4 nitrogen and oxygen atoms in total. The van der Waals surface area contributed by atoms with Crippen LogP contribution >= 0.6 is 0 Å². The van der Waals surface area contributed by atoms with Gasteiger partial charge in [0.2, 0.25) is 5.91 Å². The highest BCUT2D eigenvalue weighted by Crippen LogP contribution is 2.36. The third-order valence-corrected chi connectivity index (χ3v) is 6.23. The minimum atomic E-state index is 0.308. The summed E-state index contributed by atoms with van der Waals surface area (Å²) >= 11 is 0. The molecule has 0 radical (unpaired) electrons.